The van der Waals surface area contributed by atoms with Crippen molar-refractivity contribution in [2.45, 2.75) is 26.0 Å². The lowest BCUT2D eigenvalue weighted by molar-refractivity contribution is 0.0661. The molecule has 1 aliphatic rings. The first-order valence-corrected chi connectivity index (χ1v) is 12.9. The molecule has 0 spiro atoms. The number of aromatic nitrogens is 1. The van der Waals surface area contributed by atoms with Crippen LogP contribution in [0.1, 0.15) is 55.7 Å². The second-order valence-electron chi connectivity index (χ2n) is 8.78. The Bertz CT molecular complexity index is 1400. The maximum Gasteiger partial charge on any atom is 0.290 e. The minimum Gasteiger partial charge on any atom is -0.486 e. The van der Waals surface area contributed by atoms with Crippen LogP contribution in [0.25, 0.3) is 0 Å². The van der Waals surface area contributed by atoms with Crippen molar-refractivity contribution in [2.75, 3.05) is 20.1 Å². The smallest absolute Gasteiger partial charge is 0.290 e. The van der Waals surface area contributed by atoms with Crippen LogP contribution < -0.4 is 4.74 Å². The van der Waals surface area contributed by atoms with Gasteiger partial charge in [0, 0.05) is 25.5 Å². The second kappa shape index (κ2) is 10.6. The summed E-state index contributed by atoms with van der Waals surface area (Å²) >= 11 is 1.37. The molecule has 3 heterocycles. The fourth-order valence-electron chi connectivity index (χ4n) is 4.41. The summed E-state index contributed by atoms with van der Waals surface area (Å²) in [6.07, 6.45) is 2.14. The van der Waals surface area contributed by atoms with E-state index in [-0.39, 0.29) is 30.0 Å². The van der Waals surface area contributed by atoms with Gasteiger partial charge in [-0.15, -0.1) is 11.3 Å². The van der Waals surface area contributed by atoms with Crippen molar-refractivity contribution in [3.05, 3.63) is 105 Å². The van der Waals surface area contributed by atoms with Crippen LogP contribution in [0.3, 0.4) is 0 Å². The number of hydrogen-bond donors (Lipinski definition) is 0. The number of rotatable bonds is 7. The Hall–Kier alpha value is -3.98. The fraction of sp³-hybridized carbons (Fsp3) is 0.250. The molecule has 190 valence electrons. The van der Waals surface area contributed by atoms with E-state index in [4.69, 9.17) is 9.15 Å². The number of carbonyl (C=O) groups is 2. The molecule has 0 radical (unpaired) electrons. The fourth-order valence-corrected chi connectivity index (χ4v) is 5.09. The molecule has 0 unspecified atom stereocenters. The second-order valence-corrected chi connectivity index (χ2v) is 9.72. The van der Waals surface area contributed by atoms with Crippen LogP contribution in [0.4, 0.5) is 4.39 Å². The van der Waals surface area contributed by atoms with Crippen LogP contribution in [0.2, 0.25) is 0 Å². The van der Waals surface area contributed by atoms with Crippen molar-refractivity contribution in [2.24, 2.45) is 0 Å². The minimum absolute atomic E-state index is 0.123. The summed E-state index contributed by atoms with van der Waals surface area (Å²) in [7, 11) is 1.74. The van der Waals surface area contributed by atoms with E-state index in [9.17, 15) is 14.0 Å². The van der Waals surface area contributed by atoms with E-state index in [2.05, 4.69) is 4.98 Å². The SMILES string of the molecule is CCN(C)C(=O)c1csc(COc2ccc3c(c2)[C@@H](c2ccc(F)cc2)N(C(=O)c2ccco2)CC3)n1. The van der Waals surface area contributed by atoms with Gasteiger partial charge in [-0.3, -0.25) is 9.59 Å². The summed E-state index contributed by atoms with van der Waals surface area (Å²) in [6.45, 7) is 3.22. The Labute approximate surface area is 218 Å². The monoisotopic (exact) mass is 519 g/mol. The van der Waals surface area contributed by atoms with Crippen LogP contribution in [0.15, 0.2) is 70.7 Å². The summed E-state index contributed by atoms with van der Waals surface area (Å²) < 4.78 is 25.2. The van der Waals surface area contributed by atoms with Crippen molar-refractivity contribution < 1.29 is 23.1 Å². The molecule has 0 aliphatic carbocycles. The molecule has 4 aromatic rings. The average Bonchev–Trinajstić information content (AvgIpc) is 3.63. The number of halogens is 1. The third-order valence-corrected chi connectivity index (χ3v) is 7.30. The van der Waals surface area contributed by atoms with Gasteiger partial charge in [-0.1, -0.05) is 18.2 Å². The minimum atomic E-state index is -0.431. The Kier molecular flexibility index (Phi) is 7.05. The number of nitrogens with zero attached hydrogens (tertiary/aromatic N) is 3. The lowest BCUT2D eigenvalue weighted by Crippen LogP contribution is -2.40. The van der Waals surface area contributed by atoms with Gasteiger partial charge in [-0.25, -0.2) is 9.37 Å². The Morgan fingerprint density at radius 2 is 2.03 bits per heavy atom. The predicted octanol–water partition coefficient (Wildman–Crippen LogP) is 5.33. The van der Waals surface area contributed by atoms with E-state index < -0.39 is 6.04 Å². The van der Waals surface area contributed by atoms with Crippen LogP contribution in [-0.2, 0) is 13.0 Å². The number of furan rings is 1. The molecule has 2 amide bonds. The number of ether oxygens (including phenoxy) is 1. The quantitative estimate of drug-likeness (QED) is 0.330. The Morgan fingerprint density at radius 3 is 2.76 bits per heavy atom. The van der Waals surface area contributed by atoms with Gasteiger partial charge in [-0.05, 0) is 66.4 Å². The zero-order chi connectivity index (χ0) is 25.9. The summed E-state index contributed by atoms with van der Waals surface area (Å²) in [5, 5.41) is 2.43. The number of hydrogen-bond acceptors (Lipinski definition) is 6. The highest BCUT2D eigenvalue weighted by atomic mass is 32.1. The predicted molar refractivity (Wildman–Crippen MR) is 137 cm³/mol. The van der Waals surface area contributed by atoms with Gasteiger partial charge >= 0.3 is 0 Å². The molecule has 0 saturated carbocycles. The molecular weight excluding hydrogens is 493 g/mol. The van der Waals surface area contributed by atoms with Crippen LogP contribution in [0, 0.1) is 5.82 Å². The molecule has 2 aromatic carbocycles. The largest absolute Gasteiger partial charge is 0.486 e. The van der Waals surface area contributed by atoms with E-state index in [0.29, 0.717) is 36.0 Å². The van der Waals surface area contributed by atoms with Gasteiger partial charge in [0.2, 0.25) is 0 Å². The van der Waals surface area contributed by atoms with Gasteiger partial charge in [0.25, 0.3) is 11.8 Å². The Balaban J connectivity index is 1.42. The highest BCUT2D eigenvalue weighted by molar-refractivity contribution is 7.09. The van der Waals surface area contributed by atoms with Crippen molar-refractivity contribution in [3.8, 4) is 5.75 Å². The van der Waals surface area contributed by atoms with Crippen molar-refractivity contribution in [1.82, 2.24) is 14.8 Å². The van der Waals surface area contributed by atoms with Gasteiger partial charge in [0.05, 0.1) is 12.3 Å². The summed E-state index contributed by atoms with van der Waals surface area (Å²) in [5.74, 6) is 0.181. The van der Waals surface area contributed by atoms with Gasteiger partial charge in [-0.2, -0.15) is 0 Å². The molecule has 37 heavy (non-hydrogen) atoms. The third-order valence-electron chi connectivity index (χ3n) is 6.48. The normalized spacial score (nSPS) is 14.8. The molecule has 1 aliphatic heterocycles. The van der Waals surface area contributed by atoms with Gasteiger partial charge in [0.15, 0.2) is 5.76 Å². The standard InChI is InChI=1S/C28H26FN3O4S/c1-3-31(2)27(33)23-17-37-25(30-23)16-36-21-11-8-18-12-13-32(28(34)24-5-4-14-35-24)26(22(18)15-21)19-6-9-20(29)10-7-19/h4-11,14-15,17,26H,3,12-13,16H2,1-2H3/t26-/m1/s1. The van der Waals surface area contributed by atoms with E-state index in [1.54, 1.807) is 46.5 Å². The van der Waals surface area contributed by atoms with E-state index in [1.807, 2.05) is 25.1 Å². The summed E-state index contributed by atoms with van der Waals surface area (Å²) in [4.78, 5) is 33.5. The molecular formula is C28H26FN3O4S. The number of thiazole rings is 1. The van der Waals surface area contributed by atoms with E-state index >= 15 is 0 Å². The first-order valence-electron chi connectivity index (χ1n) is 12.0. The maximum atomic E-state index is 13.7. The molecule has 7 nitrogen and oxygen atoms in total. The van der Waals surface area contributed by atoms with Crippen molar-refractivity contribution in [1.29, 1.82) is 0 Å². The highest BCUT2D eigenvalue weighted by Gasteiger charge is 2.34. The van der Waals surface area contributed by atoms with Crippen LogP contribution >= 0.6 is 11.3 Å². The molecule has 9 heteroatoms. The van der Waals surface area contributed by atoms with Crippen molar-refractivity contribution in [3.63, 3.8) is 0 Å². The zero-order valence-corrected chi connectivity index (χ0v) is 21.3. The summed E-state index contributed by atoms with van der Waals surface area (Å²) in [5.41, 5.74) is 3.20. The van der Waals surface area contributed by atoms with Crippen LogP contribution in [-0.4, -0.2) is 46.7 Å². The number of amides is 2. The third kappa shape index (κ3) is 5.13. The number of fused-ring (bicyclic) bond motifs is 1. The average molecular weight is 520 g/mol. The molecule has 5 rings (SSSR count). The molecule has 2 aromatic heterocycles. The van der Waals surface area contributed by atoms with Crippen LogP contribution in [0.5, 0.6) is 5.75 Å². The maximum absolute atomic E-state index is 13.7. The van der Waals surface area contributed by atoms with Gasteiger partial charge < -0.3 is 19.0 Å². The number of carbonyl (C=O) groups excluding carboxylic acids is 2. The highest BCUT2D eigenvalue weighted by Crippen LogP contribution is 2.38. The Morgan fingerprint density at radius 1 is 1.22 bits per heavy atom. The molecule has 1 atom stereocenters. The van der Waals surface area contributed by atoms with Crippen molar-refractivity contribution >= 4 is 23.2 Å². The summed E-state index contributed by atoms with van der Waals surface area (Å²) in [6, 6.07) is 14.9. The van der Waals surface area contributed by atoms with E-state index in [0.717, 1.165) is 16.7 Å². The lowest BCUT2D eigenvalue weighted by atomic mass is 9.87. The van der Waals surface area contributed by atoms with E-state index in [1.165, 1.54) is 29.7 Å². The molecule has 0 N–H and O–H groups in total. The first-order chi connectivity index (χ1) is 17.9. The molecule has 0 fully saturated rings. The zero-order valence-electron chi connectivity index (χ0n) is 20.5. The number of benzene rings is 2. The molecule has 0 bridgehead atoms. The first kappa shape index (κ1) is 24.7. The lowest BCUT2D eigenvalue weighted by Gasteiger charge is -2.37. The van der Waals surface area contributed by atoms with Gasteiger partial charge in [0.1, 0.15) is 28.9 Å². The molecule has 0 saturated heterocycles. The topological polar surface area (TPSA) is 75.9 Å².